The summed E-state index contributed by atoms with van der Waals surface area (Å²) in [7, 11) is -1.22. The maximum absolute atomic E-state index is 13.9. The number of fused-ring (bicyclic) bond motifs is 5. The minimum absolute atomic E-state index is 0.0933. The molecule has 10 atom stereocenters. The SMILES string of the molecule is CC(C)(C)C(O)CC(CC1CCC2C3CC=C4C[C@](O)(C(F)(F)F)CCC4(C)C3CCC12C)S(=O)c1ccccc1. The van der Waals surface area contributed by atoms with E-state index in [1.54, 1.807) is 0 Å². The molecule has 4 aliphatic carbocycles. The fourth-order valence-corrected chi connectivity index (χ4v) is 10.9. The van der Waals surface area contributed by atoms with E-state index in [4.69, 9.17) is 0 Å². The zero-order valence-corrected chi connectivity index (χ0v) is 26.2. The molecule has 1 aromatic carbocycles. The van der Waals surface area contributed by atoms with Crippen molar-refractivity contribution in [3.8, 4) is 0 Å². The standard InChI is InChI=1S/C34H49F3O3S/c1-30(2,3)29(38)20-25(41(40)24-9-7-6-8-10-24)19-22-12-14-27-26-13-11-23-21-33(39,34(35,36)37)18-17-32(23,5)28(26)15-16-31(22,27)4/h6-11,22,25-29,38-39H,12-21H2,1-5H3/t22?,25?,26?,27?,28?,29?,31?,32?,33-,41?/m0/s1. The first-order chi connectivity index (χ1) is 19.0. The van der Waals surface area contributed by atoms with E-state index in [1.165, 1.54) is 0 Å². The zero-order chi connectivity index (χ0) is 30.0. The van der Waals surface area contributed by atoms with Gasteiger partial charge in [0, 0.05) is 16.6 Å². The second kappa shape index (κ2) is 10.8. The maximum Gasteiger partial charge on any atom is 0.417 e. The van der Waals surface area contributed by atoms with Crippen LogP contribution in [0.4, 0.5) is 13.2 Å². The molecule has 4 aliphatic rings. The number of hydrogen-bond donors (Lipinski definition) is 2. The van der Waals surface area contributed by atoms with Crippen LogP contribution in [0.3, 0.4) is 0 Å². The Hall–Kier alpha value is -1.18. The van der Waals surface area contributed by atoms with Gasteiger partial charge in [-0.15, -0.1) is 0 Å². The van der Waals surface area contributed by atoms with E-state index >= 15 is 0 Å². The maximum atomic E-state index is 13.9. The number of rotatable bonds is 6. The molecule has 0 saturated heterocycles. The quantitative estimate of drug-likeness (QED) is 0.326. The van der Waals surface area contributed by atoms with Gasteiger partial charge in [0.15, 0.2) is 5.60 Å². The molecule has 0 aromatic heterocycles. The van der Waals surface area contributed by atoms with Gasteiger partial charge >= 0.3 is 6.18 Å². The van der Waals surface area contributed by atoms with Crippen molar-refractivity contribution < 1.29 is 27.6 Å². The monoisotopic (exact) mass is 594 g/mol. The van der Waals surface area contributed by atoms with Crippen LogP contribution in [0.25, 0.3) is 0 Å². The Morgan fingerprint density at radius 3 is 2.32 bits per heavy atom. The van der Waals surface area contributed by atoms with Crippen LogP contribution in [0, 0.1) is 39.9 Å². The van der Waals surface area contributed by atoms with Gasteiger partial charge < -0.3 is 10.2 Å². The highest BCUT2D eigenvalue weighted by atomic mass is 32.2. The van der Waals surface area contributed by atoms with Crippen molar-refractivity contribution in [1.82, 2.24) is 0 Å². The van der Waals surface area contributed by atoms with Gasteiger partial charge in [-0.2, -0.15) is 13.2 Å². The lowest BCUT2D eigenvalue weighted by Gasteiger charge is -2.59. The summed E-state index contributed by atoms with van der Waals surface area (Å²) >= 11 is 0. The highest BCUT2D eigenvalue weighted by molar-refractivity contribution is 7.85. The van der Waals surface area contributed by atoms with Crippen LogP contribution in [0.5, 0.6) is 0 Å². The normalized spacial score (nSPS) is 39.6. The summed E-state index contributed by atoms with van der Waals surface area (Å²) in [5.41, 5.74) is -2.27. The van der Waals surface area contributed by atoms with Gasteiger partial charge in [0.2, 0.25) is 0 Å². The van der Waals surface area contributed by atoms with Gasteiger partial charge in [0.25, 0.3) is 0 Å². The first-order valence-electron chi connectivity index (χ1n) is 15.6. The molecular weight excluding hydrogens is 545 g/mol. The predicted octanol–water partition coefficient (Wildman–Crippen LogP) is 8.22. The number of hydrogen-bond acceptors (Lipinski definition) is 3. The topological polar surface area (TPSA) is 57.5 Å². The summed E-state index contributed by atoms with van der Waals surface area (Å²) in [6.07, 6.45) is 3.07. The minimum atomic E-state index is -4.60. The van der Waals surface area contributed by atoms with Crippen LogP contribution in [0.2, 0.25) is 0 Å². The molecule has 0 spiro atoms. The Bertz CT molecular complexity index is 1160. The largest absolute Gasteiger partial charge is 0.417 e. The number of aliphatic hydroxyl groups excluding tert-OH is 1. The Kier molecular flexibility index (Phi) is 8.21. The second-order valence-electron chi connectivity index (χ2n) is 15.4. The molecule has 0 radical (unpaired) electrons. The van der Waals surface area contributed by atoms with Gasteiger partial charge in [0.1, 0.15) is 0 Å². The van der Waals surface area contributed by atoms with Crippen LogP contribution in [-0.2, 0) is 10.8 Å². The fraction of sp³-hybridized carbons (Fsp3) is 0.765. The van der Waals surface area contributed by atoms with Crippen LogP contribution < -0.4 is 0 Å². The van der Waals surface area contributed by atoms with Crippen LogP contribution in [-0.4, -0.2) is 37.6 Å². The molecule has 3 nitrogen and oxygen atoms in total. The van der Waals surface area contributed by atoms with E-state index in [1.807, 2.05) is 51.1 Å². The molecule has 1 aromatic rings. The first kappa shape index (κ1) is 31.3. The predicted molar refractivity (Wildman–Crippen MR) is 158 cm³/mol. The molecule has 5 rings (SSSR count). The molecule has 230 valence electrons. The third-order valence-corrected chi connectivity index (χ3v) is 13.9. The molecule has 3 fully saturated rings. The Morgan fingerprint density at radius 1 is 1.00 bits per heavy atom. The number of aliphatic hydroxyl groups is 2. The Balaban J connectivity index is 1.37. The van der Waals surface area contributed by atoms with E-state index in [0.29, 0.717) is 36.5 Å². The summed E-state index contributed by atoms with van der Waals surface area (Å²) < 4.78 is 55.0. The lowest BCUT2D eigenvalue weighted by Crippen LogP contribution is -2.55. The number of allylic oxidation sites excluding steroid dienone is 1. The molecule has 9 unspecified atom stereocenters. The third kappa shape index (κ3) is 5.50. The minimum Gasteiger partial charge on any atom is -0.393 e. The first-order valence-corrected chi connectivity index (χ1v) is 16.8. The molecule has 0 aliphatic heterocycles. The molecule has 3 saturated carbocycles. The average Bonchev–Trinajstić information content (AvgIpc) is 3.23. The van der Waals surface area contributed by atoms with Gasteiger partial charge in [0.05, 0.1) is 16.9 Å². The molecule has 41 heavy (non-hydrogen) atoms. The molecule has 0 bridgehead atoms. The molecule has 0 heterocycles. The number of benzene rings is 1. The highest BCUT2D eigenvalue weighted by Crippen LogP contribution is 2.68. The van der Waals surface area contributed by atoms with Crippen molar-refractivity contribution >= 4 is 10.8 Å². The van der Waals surface area contributed by atoms with Gasteiger partial charge in [-0.1, -0.05) is 64.5 Å². The fourth-order valence-electron chi connectivity index (χ4n) is 9.32. The van der Waals surface area contributed by atoms with Gasteiger partial charge in [-0.05, 0) is 110 Å². The lowest BCUT2D eigenvalue weighted by atomic mass is 9.46. The second-order valence-corrected chi connectivity index (χ2v) is 17.1. The van der Waals surface area contributed by atoms with Crippen molar-refractivity contribution in [2.24, 2.45) is 39.9 Å². The third-order valence-electron chi connectivity index (χ3n) is 12.2. The van der Waals surface area contributed by atoms with Gasteiger partial charge in [-0.3, -0.25) is 4.21 Å². The summed E-state index contributed by atoms with van der Waals surface area (Å²) in [4.78, 5) is 0.816. The van der Waals surface area contributed by atoms with E-state index in [2.05, 4.69) is 19.9 Å². The van der Waals surface area contributed by atoms with Crippen molar-refractivity contribution in [2.75, 3.05) is 0 Å². The number of halogens is 3. The van der Waals surface area contributed by atoms with Crippen molar-refractivity contribution in [2.45, 2.75) is 127 Å². The van der Waals surface area contributed by atoms with E-state index in [0.717, 1.165) is 49.0 Å². The van der Waals surface area contributed by atoms with E-state index < -0.39 is 28.7 Å². The van der Waals surface area contributed by atoms with Crippen LogP contribution in [0.1, 0.15) is 98.8 Å². The van der Waals surface area contributed by atoms with Crippen LogP contribution in [0.15, 0.2) is 46.9 Å². The van der Waals surface area contributed by atoms with Crippen molar-refractivity contribution in [1.29, 1.82) is 0 Å². The molecular formula is C34H49F3O3S. The lowest BCUT2D eigenvalue weighted by molar-refractivity contribution is -0.271. The molecule has 2 N–H and O–H groups in total. The Morgan fingerprint density at radius 2 is 1.68 bits per heavy atom. The zero-order valence-electron chi connectivity index (χ0n) is 25.3. The summed E-state index contributed by atoms with van der Waals surface area (Å²) in [5.74, 6) is 1.66. The highest BCUT2D eigenvalue weighted by Gasteiger charge is 2.63. The Labute approximate surface area is 246 Å². The smallest absolute Gasteiger partial charge is 0.393 e. The summed E-state index contributed by atoms with van der Waals surface area (Å²) in [6.45, 7) is 10.7. The van der Waals surface area contributed by atoms with Gasteiger partial charge in [-0.25, -0.2) is 0 Å². The van der Waals surface area contributed by atoms with Crippen molar-refractivity contribution in [3.05, 3.63) is 42.0 Å². The summed E-state index contributed by atoms with van der Waals surface area (Å²) in [5, 5.41) is 21.4. The van der Waals surface area contributed by atoms with Crippen molar-refractivity contribution in [3.63, 3.8) is 0 Å². The number of alkyl halides is 3. The van der Waals surface area contributed by atoms with E-state index in [9.17, 15) is 27.6 Å². The van der Waals surface area contributed by atoms with E-state index in [-0.39, 0.29) is 34.3 Å². The molecule has 0 amide bonds. The summed E-state index contributed by atoms with van der Waals surface area (Å²) in [6, 6.07) is 9.62. The van der Waals surface area contributed by atoms with Crippen LogP contribution >= 0.6 is 0 Å². The molecule has 7 heteroatoms. The average molecular weight is 595 g/mol.